The van der Waals surface area contributed by atoms with E-state index in [1.165, 1.54) is 12.1 Å². The molecule has 1 aromatic carbocycles. The van der Waals surface area contributed by atoms with Gasteiger partial charge in [-0.05, 0) is 30.7 Å². The van der Waals surface area contributed by atoms with Crippen molar-refractivity contribution in [3.8, 4) is 0 Å². The molecule has 0 fully saturated rings. The van der Waals surface area contributed by atoms with Gasteiger partial charge in [0.15, 0.2) is 0 Å². The third-order valence-corrected chi connectivity index (χ3v) is 2.22. The highest BCUT2D eigenvalue weighted by atomic mass is 19.4. The summed E-state index contributed by atoms with van der Waals surface area (Å²) in [6.07, 6.45) is -2.57. The largest absolute Gasteiger partial charge is 0.416 e. The number of H-pyrrole nitrogens is 1. The van der Waals surface area contributed by atoms with Crippen LogP contribution in [0.5, 0.6) is 0 Å². The molecule has 16 heavy (non-hydrogen) atoms. The molecule has 88 valence electrons. The fraction of sp³-hybridized carbons (Fsp3) is 0.333. The molecule has 4 heteroatoms. The van der Waals surface area contributed by atoms with Gasteiger partial charge in [-0.15, -0.1) is 0 Å². The first-order valence-corrected chi connectivity index (χ1v) is 5.13. The maximum absolute atomic E-state index is 12.3. The highest BCUT2D eigenvalue weighted by Gasteiger charge is 2.30. The molecule has 0 saturated heterocycles. The zero-order valence-corrected chi connectivity index (χ0v) is 9.44. The number of benzene rings is 1. The second-order valence-corrected chi connectivity index (χ2v) is 3.23. The third-order valence-electron chi connectivity index (χ3n) is 2.22. The van der Waals surface area contributed by atoms with Gasteiger partial charge in [0.05, 0.1) is 5.56 Å². The molecule has 0 bridgehead atoms. The van der Waals surface area contributed by atoms with Gasteiger partial charge in [-0.3, -0.25) is 0 Å². The van der Waals surface area contributed by atoms with Crippen LogP contribution in [0.15, 0.2) is 24.4 Å². The molecule has 1 aromatic heterocycles. The van der Waals surface area contributed by atoms with Crippen molar-refractivity contribution in [2.45, 2.75) is 26.9 Å². The smallest absolute Gasteiger partial charge is 0.361 e. The van der Waals surface area contributed by atoms with Gasteiger partial charge in [0.25, 0.3) is 0 Å². The number of alkyl halides is 3. The van der Waals surface area contributed by atoms with Crippen molar-refractivity contribution in [3.63, 3.8) is 0 Å². The van der Waals surface area contributed by atoms with E-state index in [0.29, 0.717) is 5.39 Å². The van der Waals surface area contributed by atoms with E-state index in [0.717, 1.165) is 17.1 Å². The first-order valence-electron chi connectivity index (χ1n) is 5.13. The molecule has 2 aromatic rings. The van der Waals surface area contributed by atoms with E-state index in [4.69, 9.17) is 0 Å². The average Bonchev–Trinajstić information content (AvgIpc) is 2.62. The molecule has 0 aliphatic heterocycles. The van der Waals surface area contributed by atoms with Crippen LogP contribution in [-0.4, -0.2) is 4.98 Å². The van der Waals surface area contributed by atoms with Crippen LogP contribution >= 0.6 is 0 Å². The molecule has 0 aliphatic carbocycles. The summed E-state index contributed by atoms with van der Waals surface area (Å²) < 4.78 is 37.0. The van der Waals surface area contributed by atoms with Crippen molar-refractivity contribution in [1.29, 1.82) is 0 Å². The van der Waals surface area contributed by atoms with Crippen LogP contribution in [0.25, 0.3) is 10.9 Å². The van der Waals surface area contributed by atoms with E-state index in [1.54, 1.807) is 13.1 Å². The van der Waals surface area contributed by atoms with Crippen molar-refractivity contribution in [2.24, 2.45) is 0 Å². The first kappa shape index (κ1) is 12.6. The lowest BCUT2D eigenvalue weighted by Gasteiger charge is -2.06. The summed E-state index contributed by atoms with van der Waals surface area (Å²) in [5.74, 6) is 0. The SMILES string of the molecule is CC.Cc1c[nH]c2ccc(C(F)(F)F)cc12. The minimum Gasteiger partial charge on any atom is -0.361 e. The molecule has 0 saturated carbocycles. The Morgan fingerprint density at radius 2 is 1.75 bits per heavy atom. The van der Waals surface area contributed by atoms with Crippen molar-refractivity contribution in [2.75, 3.05) is 0 Å². The Morgan fingerprint density at radius 3 is 2.31 bits per heavy atom. The molecular formula is C12H14F3N. The molecule has 1 nitrogen and oxygen atoms in total. The molecule has 0 atom stereocenters. The topological polar surface area (TPSA) is 15.8 Å². The Balaban J connectivity index is 0.000000606. The molecule has 1 heterocycles. The van der Waals surface area contributed by atoms with Crippen molar-refractivity contribution < 1.29 is 13.2 Å². The van der Waals surface area contributed by atoms with Crippen LogP contribution in [-0.2, 0) is 6.18 Å². The van der Waals surface area contributed by atoms with Crippen LogP contribution in [0.1, 0.15) is 25.0 Å². The average molecular weight is 229 g/mol. The van der Waals surface area contributed by atoms with Gasteiger partial charge in [-0.25, -0.2) is 0 Å². The highest BCUT2D eigenvalue weighted by Crippen LogP contribution is 2.31. The Kier molecular flexibility index (Phi) is 3.62. The van der Waals surface area contributed by atoms with Crippen molar-refractivity contribution in [1.82, 2.24) is 4.98 Å². The summed E-state index contributed by atoms with van der Waals surface area (Å²) >= 11 is 0. The summed E-state index contributed by atoms with van der Waals surface area (Å²) in [6.45, 7) is 5.78. The van der Waals surface area contributed by atoms with E-state index in [9.17, 15) is 13.2 Å². The van der Waals surface area contributed by atoms with E-state index in [1.807, 2.05) is 13.8 Å². The summed E-state index contributed by atoms with van der Waals surface area (Å²) in [5.41, 5.74) is 0.953. The second-order valence-electron chi connectivity index (χ2n) is 3.23. The predicted molar refractivity (Wildman–Crippen MR) is 59.4 cm³/mol. The first-order chi connectivity index (χ1) is 7.48. The molecule has 1 N–H and O–H groups in total. The lowest BCUT2D eigenvalue weighted by Crippen LogP contribution is -2.04. The molecular weight excluding hydrogens is 215 g/mol. The summed E-state index contributed by atoms with van der Waals surface area (Å²) in [5, 5.41) is 0.625. The van der Waals surface area contributed by atoms with E-state index >= 15 is 0 Å². The number of halogens is 3. The van der Waals surface area contributed by atoms with Gasteiger partial charge in [0.1, 0.15) is 0 Å². The van der Waals surface area contributed by atoms with Gasteiger partial charge < -0.3 is 4.98 Å². The number of aromatic nitrogens is 1. The van der Waals surface area contributed by atoms with Gasteiger partial charge in [0.2, 0.25) is 0 Å². The van der Waals surface area contributed by atoms with Crippen LogP contribution < -0.4 is 0 Å². The lowest BCUT2D eigenvalue weighted by molar-refractivity contribution is -0.137. The van der Waals surface area contributed by atoms with Crippen LogP contribution in [0.3, 0.4) is 0 Å². The Bertz CT molecular complexity index is 469. The molecule has 0 amide bonds. The van der Waals surface area contributed by atoms with Gasteiger partial charge in [0, 0.05) is 17.1 Å². The lowest BCUT2D eigenvalue weighted by atomic mass is 10.1. The number of rotatable bonds is 0. The van der Waals surface area contributed by atoms with E-state index in [2.05, 4.69) is 4.98 Å². The maximum atomic E-state index is 12.3. The number of hydrogen-bond acceptors (Lipinski definition) is 0. The molecule has 0 radical (unpaired) electrons. The molecule has 0 aliphatic rings. The number of fused-ring (bicyclic) bond motifs is 1. The minimum absolute atomic E-state index is 0.604. The fourth-order valence-electron chi connectivity index (χ4n) is 1.44. The number of nitrogens with one attached hydrogen (secondary N) is 1. The van der Waals surface area contributed by atoms with Crippen molar-refractivity contribution in [3.05, 3.63) is 35.5 Å². The quantitative estimate of drug-likeness (QED) is 0.683. The highest BCUT2D eigenvalue weighted by molar-refractivity contribution is 5.83. The zero-order valence-electron chi connectivity index (χ0n) is 9.44. The Labute approximate surface area is 92.3 Å². The summed E-state index contributed by atoms with van der Waals surface area (Å²) in [6, 6.07) is 3.70. The number of aromatic amines is 1. The molecule has 0 unspecified atom stereocenters. The summed E-state index contributed by atoms with van der Waals surface area (Å²) in [4.78, 5) is 2.90. The van der Waals surface area contributed by atoms with Gasteiger partial charge in [-0.2, -0.15) is 13.2 Å². The fourth-order valence-corrected chi connectivity index (χ4v) is 1.44. The summed E-state index contributed by atoms with van der Waals surface area (Å²) in [7, 11) is 0. The Morgan fingerprint density at radius 1 is 1.12 bits per heavy atom. The standard InChI is InChI=1S/C10H8F3N.C2H6/c1-6-5-14-9-3-2-7(4-8(6)9)10(11,12)13;1-2/h2-5,14H,1H3;1-2H3. The normalized spacial score (nSPS) is 11.1. The maximum Gasteiger partial charge on any atom is 0.416 e. The van der Waals surface area contributed by atoms with E-state index in [-0.39, 0.29) is 0 Å². The number of aryl methyl sites for hydroxylation is 1. The predicted octanol–water partition coefficient (Wildman–Crippen LogP) is 4.52. The monoisotopic (exact) mass is 229 g/mol. The van der Waals surface area contributed by atoms with Crippen LogP contribution in [0.2, 0.25) is 0 Å². The second kappa shape index (κ2) is 4.60. The van der Waals surface area contributed by atoms with Gasteiger partial charge >= 0.3 is 6.18 Å². The minimum atomic E-state index is -4.27. The van der Waals surface area contributed by atoms with Crippen LogP contribution in [0, 0.1) is 6.92 Å². The van der Waals surface area contributed by atoms with Gasteiger partial charge in [-0.1, -0.05) is 13.8 Å². The van der Waals surface area contributed by atoms with E-state index < -0.39 is 11.7 Å². The third kappa shape index (κ3) is 2.38. The molecule has 2 rings (SSSR count). The van der Waals surface area contributed by atoms with Crippen molar-refractivity contribution >= 4 is 10.9 Å². The Hall–Kier alpha value is -1.45. The molecule has 0 spiro atoms. The number of hydrogen-bond donors (Lipinski definition) is 1. The zero-order chi connectivity index (χ0) is 12.3. The van der Waals surface area contributed by atoms with Crippen LogP contribution in [0.4, 0.5) is 13.2 Å².